The van der Waals surface area contributed by atoms with Crippen LogP contribution in [0.4, 0.5) is 0 Å². The number of para-hydroxylation sites is 2. The molecule has 3 aromatic carbocycles. The van der Waals surface area contributed by atoms with E-state index in [2.05, 4.69) is 0 Å². The smallest absolute Gasteiger partial charge is 0.414 e. The number of benzene rings is 3. The molecule has 180 valence electrons. The van der Waals surface area contributed by atoms with Gasteiger partial charge in [-0.05, 0) is 42.5 Å². The summed E-state index contributed by atoms with van der Waals surface area (Å²) < 4.78 is 7.34. The van der Waals surface area contributed by atoms with Gasteiger partial charge in [0.1, 0.15) is 18.2 Å². The number of ether oxygens (including phenoxy) is 1. The highest BCUT2D eigenvalue weighted by molar-refractivity contribution is 6.36. The summed E-state index contributed by atoms with van der Waals surface area (Å²) in [6.07, 6.45) is 0. The highest BCUT2D eigenvalue weighted by Crippen LogP contribution is 2.30. The number of hydrogen-bond donors (Lipinski definition) is 2. The van der Waals surface area contributed by atoms with E-state index in [1.54, 1.807) is 47.0 Å². The molecule has 8 nitrogen and oxygen atoms in total. The Hall–Kier alpha value is -3.59. The zero-order valence-corrected chi connectivity index (χ0v) is 20.1. The van der Waals surface area contributed by atoms with Crippen LogP contribution in [-0.4, -0.2) is 38.3 Å². The zero-order valence-electron chi connectivity index (χ0n) is 17.8. The summed E-state index contributed by atoms with van der Waals surface area (Å²) in [6, 6.07) is 19.5. The molecule has 0 spiro atoms. The number of halogens is 3. The zero-order chi connectivity index (χ0) is 25.5. The molecule has 0 aliphatic heterocycles. The van der Waals surface area contributed by atoms with Gasteiger partial charge in [0.2, 0.25) is 0 Å². The number of aromatic nitrogens is 2. The van der Waals surface area contributed by atoms with E-state index in [0.717, 1.165) is 0 Å². The first-order chi connectivity index (χ1) is 16.7. The molecule has 1 heterocycles. The van der Waals surface area contributed by atoms with Crippen LogP contribution < -0.4 is 10.3 Å². The lowest BCUT2D eigenvalue weighted by atomic mass is 10.1. The molecule has 1 aromatic heterocycles. The number of aliphatic carboxylic acids is 2. The molecule has 11 heteroatoms. The molecule has 0 aliphatic rings. The lowest BCUT2D eigenvalue weighted by Crippen LogP contribution is -2.26. The Morgan fingerprint density at radius 3 is 2.20 bits per heavy atom. The normalized spacial score (nSPS) is 10.4. The first-order valence-corrected chi connectivity index (χ1v) is 11.1. The van der Waals surface area contributed by atoms with E-state index >= 15 is 0 Å². The Morgan fingerprint density at radius 1 is 0.886 bits per heavy atom. The summed E-state index contributed by atoms with van der Waals surface area (Å²) >= 11 is 18.6. The molecular weight excluding hydrogens is 519 g/mol. The highest BCUT2D eigenvalue weighted by atomic mass is 35.5. The van der Waals surface area contributed by atoms with Crippen LogP contribution >= 0.6 is 34.8 Å². The molecule has 0 radical (unpaired) electrons. The van der Waals surface area contributed by atoms with E-state index < -0.39 is 11.9 Å². The third-order valence-corrected chi connectivity index (χ3v) is 5.49. The molecule has 0 saturated carbocycles. The maximum Gasteiger partial charge on any atom is 0.414 e. The molecule has 2 N–H and O–H groups in total. The van der Waals surface area contributed by atoms with Gasteiger partial charge in [-0.1, -0.05) is 59.1 Å². The Bertz CT molecular complexity index is 1440. The van der Waals surface area contributed by atoms with Crippen molar-refractivity contribution in [2.45, 2.75) is 6.54 Å². The van der Waals surface area contributed by atoms with Crippen LogP contribution in [0.25, 0.3) is 22.3 Å². The Morgan fingerprint density at radius 2 is 1.54 bits per heavy atom. The first-order valence-electron chi connectivity index (χ1n) is 9.97. The lowest BCUT2D eigenvalue weighted by molar-refractivity contribution is -0.159. The van der Waals surface area contributed by atoms with Crippen molar-refractivity contribution in [2.75, 3.05) is 6.61 Å². The monoisotopic (exact) mass is 534 g/mol. The van der Waals surface area contributed by atoms with Gasteiger partial charge in [-0.3, -0.25) is 9.36 Å². The Labute approximate surface area is 213 Å². The average molecular weight is 536 g/mol. The number of fused-ring (bicyclic) bond motifs is 1. The van der Waals surface area contributed by atoms with Crippen molar-refractivity contribution in [2.24, 2.45) is 0 Å². The van der Waals surface area contributed by atoms with E-state index in [-0.39, 0.29) is 18.7 Å². The van der Waals surface area contributed by atoms with Crippen LogP contribution in [0.1, 0.15) is 0 Å². The van der Waals surface area contributed by atoms with Gasteiger partial charge >= 0.3 is 11.9 Å². The number of hydrogen-bond acceptors (Lipinski definition) is 5. The molecule has 0 atom stereocenters. The Balaban J connectivity index is 0.000000509. The summed E-state index contributed by atoms with van der Waals surface area (Å²) in [4.78, 5) is 36.1. The van der Waals surface area contributed by atoms with Crippen LogP contribution in [0.5, 0.6) is 5.75 Å². The van der Waals surface area contributed by atoms with E-state index in [9.17, 15) is 4.79 Å². The summed E-state index contributed by atoms with van der Waals surface area (Å²) in [6.45, 7) is 0.512. The van der Waals surface area contributed by atoms with E-state index in [0.29, 0.717) is 43.1 Å². The topological polar surface area (TPSA) is 119 Å². The van der Waals surface area contributed by atoms with Crippen LogP contribution in [0, 0.1) is 0 Å². The number of nitrogens with zero attached hydrogens (tertiary/aromatic N) is 2. The second kappa shape index (κ2) is 11.7. The first kappa shape index (κ1) is 26.0. The van der Waals surface area contributed by atoms with Gasteiger partial charge in [-0.15, -0.1) is 0 Å². The highest BCUT2D eigenvalue weighted by Gasteiger charge is 2.15. The Kier molecular flexibility index (Phi) is 8.70. The van der Waals surface area contributed by atoms with Gasteiger partial charge < -0.3 is 14.9 Å². The minimum Gasteiger partial charge on any atom is -0.490 e. The molecule has 0 amide bonds. The van der Waals surface area contributed by atoms with Crippen LogP contribution in [0.15, 0.2) is 71.5 Å². The van der Waals surface area contributed by atoms with E-state index in [4.69, 9.17) is 64.3 Å². The third-order valence-electron chi connectivity index (χ3n) is 4.63. The maximum atomic E-state index is 13.2. The second-order valence-corrected chi connectivity index (χ2v) is 8.17. The van der Waals surface area contributed by atoms with Crippen molar-refractivity contribution in [1.82, 2.24) is 9.55 Å². The van der Waals surface area contributed by atoms with Gasteiger partial charge in [0.15, 0.2) is 0 Å². The fraction of sp³-hybridized carbons (Fsp3) is 0.0833. The third kappa shape index (κ3) is 6.51. The number of carboxylic acid groups (broad SMARTS) is 2. The SMILES string of the molecule is O=C(O)C(=O)O.O=c1c2ccccc2nc(-c2ccc(Cl)cc2Cl)n1CCOc1ccccc1Cl. The number of carbonyl (C=O) groups is 2. The van der Waals surface area contributed by atoms with Crippen molar-refractivity contribution >= 4 is 57.6 Å². The van der Waals surface area contributed by atoms with Gasteiger partial charge in [-0.2, -0.15) is 0 Å². The standard InChI is InChI=1S/C22H15Cl3N2O2.C2H2O4/c23-14-9-10-15(18(25)13-14)21-26-19-7-3-1-5-16(19)22(28)27(21)11-12-29-20-8-4-2-6-17(20)24;3-1(4)2(5)6/h1-10,13H,11-12H2;(H,3,4)(H,5,6). The van der Waals surface area contributed by atoms with Crippen molar-refractivity contribution in [3.05, 3.63) is 92.2 Å². The molecule has 0 saturated heterocycles. The number of rotatable bonds is 5. The molecule has 0 bridgehead atoms. The maximum absolute atomic E-state index is 13.2. The molecule has 4 aromatic rings. The van der Waals surface area contributed by atoms with Gasteiger partial charge in [-0.25, -0.2) is 14.6 Å². The van der Waals surface area contributed by atoms with Crippen LogP contribution in [-0.2, 0) is 16.1 Å². The quantitative estimate of drug-likeness (QED) is 0.335. The van der Waals surface area contributed by atoms with Crippen LogP contribution in [0.3, 0.4) is 0 Å². The summed E-state index contributed by atoms with van der Waals surface area (Å²) in [5, 5.41) is 16.7. The van der Waals surface area contributed by atoms with E-state index in [1.165, 1.54) is 0 Å². The molecule has 0 fully saturated rings. The fourth-order valence-corrected chi connectivity index (χ4v) is 3.74. The van der Waals surface area contributed by atoms with Crippen molar-refractivity contribution in [1.29, 1.82) is 0 Å². The molecule has 35 heavy (non-hydrogen) atoms. The molecule has 0 aliphatic carbocycles. The second-order valence-electron chi connectivity index (χ2n) is 6.92. The fourth-order valence-electron chi connectivity index (χ4n) is 3.06. The number of carboxylic acids is 2. The molecule has 0 unspecified atom stereocenters. The van der Waals surface area contributed by atoms with Crippen molar-refractivity contribution in [3.63, 3.8) is 0 Å². The largest absolute Gasteiger partial charge is 0.490 e. The molecule has 4 rings (SSSR count). The van der Waals surface area contributed by atoms with Gasteiger partial charge in [0.05, 0.1) is 27.5 Å². The van der Waals surface area contributed by atoms with E-state index in [1.807, 2.05) is 24.3 Å². The minimum atomic E-state index is -1.82. The summed E-state index contributed by atoms with van der Waals surface area (Å²) in [7, 11) is 0. The predicted octanol–water partition coefficient (Wildman–Crippen LogP) is 5.26. The van der Waals surface area contributed by atoms with Gasteiger partial charge in [0.25, 0.3) is 5.56 Å². The van der Waals surface area contributed by atoms with Crippen molar-refractivity contribution < 1.29 is 24.5 Å². The van der Waals surface area contributed by atoms with Gasteiger partial charge in [0, 0.05) is 10.6 Å². The summed E-state index contributed by atoms with van der Waals surface area (Å²) in [5.41, 5.74) is 1.05. The summed E-state index contributed by atoms with van der Waals surface area (Å²) in [5.74, 6) is -2.63. The average Bonchev–Trinajstić information content (AvgIpc) is 2.82. The van der Waals surface area contributed by atoms with Crippen LogP contribution in [0.2, 0.25) is 15.1 Å². The molecular formula is C24H17Cl3N2O6. The van der Waals surface area contributed by atoms with Crippen molar-refractivity contribution in [3.8, 4) is 17.1 Å². The minimum absolute atomic E-state index is 0.167. The lowest BCUT2D eigenvalue weighted by Gasteiger charge is -2.15. The predicted molar refractivity (Wildman–Crippen MR) is 134 cm³/mol.